The zero-order valence-electron chi connectivity index (χ0n) is 10.4. The number of pyridine rings is 1. The lowest BCUT2D eigenvalue weighted by Gasteiger charge is -2.18. The van der Waals surface area contributed by atoms with Gasteiger partial charge in [-0.1, -0.05) is 43.3 Å². The maximum atomic E-state index is 11.9. The van der Waals surface area contributed by atoms with Crippen LogP contribution in [0.4, 0.5) is 0 Å². The predicted octanol–water partition coefficient (Wildman–Crippen LogP) is 1.99. The summed E-state index contributed by atoms with van der Waals surface area (Å²) in [4.78, 5) is 11.9. The number of aliphatic hydroxyl groups is 1. The van der Waals surface area contributed by atoms with Gasteiger partial charge in [0.05, 0.1) is 12.6 Å². The van der Waals surface area contributed by atoms with Crippen molar-refractivity contribution in [1.82, 2.24) is 4.57 Å². The summed E-state index contributed by atoms with van der Waals surface area (Å²) in [6.45, 7) is 1.96. The Morgan fingerprint density at radius 2 is 1.89 bits per heavy atom. The molecule has 0 aliphatic carbocycles. The van der Waals surface area contributed by atoms with Crippen molar-refractivity contribution >= 4 is 0 Å². The van der Waals surface area contributed by atoms with Crippen molar-refractivity contribution in [3.8, 4) is 0 Å². The molecule has 94 valence electrons. The number of hydrogen-bond donors (Lipinski definition) is 1. The number of aryl methyl sites for hydroxylation is 1. The monoisotopic (exact) mass is 243 g/mol. The highest BCUT2D eigenvalue weighted by Crippen LogP contribution is 2.16. The van der Waals surface area contributed by atoms with Gasteiger partial charge in [0.15, 0.2) is 0 Å². The average Bonchev–Trinajstić information content (AvgIpc) is 2.43. The molecule has 1 aromatic heterocycles. The van der Waals surface area contributed by atoms with Crippen LogP contribution in [0.25, 0.3) is 0 Å². The summed E-state index contributed by atoms with van der Waals surface area (Å²) in [5.41, 5.74) is 1.94. The Kier molecular flexibility index (Phi) is 3.95. The van der Waals surface area contributed by atoms with Crippen LogP contribution in [-0.2, 0) is 6.42 Å². The van der Waals surface area contributed by atoms with E-state index in [1.165, 1.54) is 0 Å². The molecule has 18 heavy (non-hydrogen) atoms. The minimum atomic E-state index is -0.315. The summed E-state index contributed by atoms with van der Waals surface area (Å²) >= 11 is 0. The number of aliphatic hydroxyl groups excluding tert-OH is 1. The maximum absolute atomic E-state index is 11.9. The van der Waals surface area contributed by atoms with Crippen LogP contribution in [0.3, 0.4) is 0 Å². The molecule has 0 unspecified atom stereocenters. The second-order valence-electron chi connectivity index (χ2n) is 4.25. The van der Waals surface area contributed by atoms with E-state index in [0.717, 1.165) is 17.5 Å². The largest absolute Gasteiger partial charge is 0.394 e. The van der Waals surface area contributed by atoms with Gasteiger partial charge in [-0.15, -0.1) is 0 Å². The van der Waals surface area contributed by atoms with Gasteiger partial charge in [0.25, 0.3) is 5.56 Å². The van der Waals surface area contributed by atoms with Crippen molar-refractivity contribution in [2.24, 2.45) is 0 Å². The number of nitrogens with zero attached hydrogens (tertiary/aromatic N) is 1. The second-order valence-corrected chi connectivity index (χ2v) is 4.25. The third-order valence-corrected chi connectivity index (χ3v) is 3.10. The highest BCUT2D eigenvalue weighted by molar-refractivity contribution is 5.21. The number of aromatic nitrogens is 1. The van der Waals surface area contributed by atoms with Crippen LogP contribution >= 0.6 is 0 Å². The third kappa shape index (κ3) is 2.51. The zero-order valence-corrected chi connectivity index (χ0v) is 10.4. The van der Waals surface area contributed by atoms with Crippen LogP contribution in [0.1, 0.15) is 24.1 Å². The first kappa shape index (κ1) is 12.6. The molecule has 2 aromatic rings. The van der Waals surface area contributed by atoms with Gasteiger partial charge in [0, 0.05) is 12.3 Å². The van der Waals surface area contributed by atoms with E-state index in [9.17, 15) is 9.90 Å². The summed E-state index contributed by atoms with van der Waals surface area (Å²) in [5.74, 6) is 0. The predicted molar refractivity (Wildman–Crippen MR) is 71.7 cm³/mol. The third-order valence-electron chi connectivity index (χ3n) is 3.10. The Hall–Kier alpha value is -1.87. The molecule has 0 aliphatic rings. The molecule has 2 rings (SSSR count). The summed E-state index contributed by atoms with van der Waals surface area (Å²) in [7, 11) is 0. The van der Waals surface area contributed by atoms with Crippen LogP contribution in [-0.4, -0.2) is 16.3 Å². The van der Waals surface area contributed by atoms with Gasteiger partial charge >= 0.3 is 0 Å². The molecule has 1 N–H and O–H groups in total. The van der Waals surface area contributed by atoms with E-state index in [2.05, 4.69) is 0 Å². The molecule has 0 aliphatic heterocycles. The van der Waals surface area contributed by atoms with Crippen molar-refractivity contribution in [2.45, 2.75) is 19.4 Å². The number of rotatable bonds is 4. The van der Waals surface area contributed by atoms with Crippen LogP contribution in [0.5, 0.6) is 0 Å². The van der Waals surface area contributed by atoms with Crippen molar-refractivity contribution < 1.29 is 5.11 Å². The first-order chi connectivity index (χ1) is 8.76. The lowest BCUT2D eigenvalue weighted by molar-refractivity contribution is 0.247. The Morgan fingerprint density at radius 1 is 1.17 bits per heavy atom. The Balaban J connectivity index is 2.48. The van der Waals surface area contributed by atoms with E-state index in [0.29, 0.717) is 0 Å². The smallest absolute Gasteiger partial charge is 0.251 e. The first-order valence-corrected chi connectivity index (χ1v) is 6.13. The highest BCUT2D eigenvalue weighted by Gasteiger charge is 2.13. The second kappa shape index (κ2) is 5.65. The molecule has 1 atom stereocenters. The Labute approximate surface area is 106 Å². The van der Waals surface area contributed by atoms with Gasteiger partial charge in [-0.05, 0) is 17.5 Å². The van der Waals surface area contributed by atoms with Crippen LogP contribution < -0.4 is 5.56 Å². The van der Waals surface area contributed by atoms with E-state index in [1.54, 1.807) is 10.6 Å². The zero-order chi connectivity index (χ0) is 13.0. The molecular formula is C15H17NO2. The first-order valence-electron chi connectivity index (χ1n) is 6.13. The van der Waals surface area contributed by atoms with E-state index in [1.807, 2.05) is 49.5 Å². The SMILES string of the molecule is CCc1ccc(=O)n([C@@H](CO)c2ccccc2)c1. The Morgan fingerprint density at radius 3 is 2.50 bits per heavy atom. The molecule has 3 heteroatoms. The van der Waals surface area contributed by atoms with Crippen molar-refractivity contribution in [2.75, 3.05) is 6.61 Å². The summed E-state index contributed by atoms with van der Waals surface area (Å²) in [6, 6.07) is 12.7. The maximum Gasteiger partial charge on any atom is 0.251 e. The molecule has 1 heterocycles. The van der Waals surface area contributed by atoms with Crippen molar-refractivity contribution in [1.29, 1.82) is 0 Å². The minimum Gasteiger partial charge on any atom is -0.394 e. The molecule has 0 saturated heterocycles. The van der Waals surface area contributed by atoms with Crippen molar-refractivity contribution in [3.05, 3.63) is 70.1 Å². The molecule has 3 nitrogen and oxygen atoms in total. The molecule has 0 saturated carbocycles. The number of benzene rings is 1. The van der Waals surface area contributed by atoms with Crippen LogP contribution in [0, 0.1) is 0 Å². The minimum absolute atomic E-state index is 0.0862. The molecular weight excluding hydrogens is 226 g/mol. The molecule has 0 bridgehead atoms. The number of hydrogen-bond acceptors (Lipinski definition) is 2. The summed E-state index contributed by atoms with van der Waals surface area (Å²) in [6.07, 6.45) is 2.70. The van der Waals surface area contributed by atoms with Crippen LogP contribution in [0.15, 0.2) is 53.5 Å². The average molecular weight is 243 g/mol. The topological polar surface area (TPSA) is 42.2 Å². The van der Waals surface area contributed by atoms with Gasteiger partial charge in [-0.25, -0.2) is 0 Å². The van der Waals surface area contributed by atoms with E-state index in [4.69, 9.17) is 0 Å². The highest BCUT2D eigenvalue weighted by atomic mass is 16.3. The standard InChI is InChI=1S/C15H17NO2/c1-2-12-8-9-15(18)16(10-12)14(11-17)13-6-4-3-5-7-13/h3-10,14,17H,2,11H2,1H3/t14-/m0/s1. The normalized spacial score (nSPS) is 12.3. The summed E-state index contributed by atoms with van der Waals surface area (Å²) < 4.78 is 1.61. The molecule has 0 fully saturated rings. The van der Waals surface area contributed by atoms with E-state index in [-0.39, 0.29) is 18.2 Å². The summed E-state index contributed by atoms with van der Waals surface area (Å²) in [5, 5.41) is 9.56. The molecule has 0 radical (unpaired) electrons. The Bertz CT molecular complexity index is 560. The molecule has 0 spiro atoms. The molecule has 0 amide bonds. The van der Waals surface area contributed by atoms with E-state index >= 15 is 0 Å². The van der Waals surface area contributed by atoms with Gasteiger partial charge in [-0.3, -0.25) is 4.79 Å². The van der Waals surface area contributed by atoms with Gasteiger partial charge < -0.3 is 9.67 Å². The lowest BCUT2D eigenvalue weighted by Crippen LogP contribution is -2.27. The van der Waals surface area contributed by atoms with Crippen LogP contribution in [0.2, 0.25) is 0 Å². The fourth-order valence-corrected chi connectivity index (χ4v) is 2.03. The van der Waals surface area contributed by atoms with E-state index < -0.39 is 0 Å². The van der Waals surface area contributed by atoms with Gasteiger partial charge in [0.1, 0.15) is 0 Å². The quantitative estimate of drug-likeness (QED) is 0.892. The van der Waals surface area contributed by atoms with Gasteiger partial charge in [0.2, 0.25) is 0 Å². The fraction of sp³-hybridized carbons (Fsp3) is 0.267. The fourth-order valence-electron chi connectivity index (χ4n) is 2.03. The molecule has 1 aromatic carbocycles. The van der Waals surface area contributed by atoms with Crippen molar-refractivity contribution in [3.63, 3.8) is 0 Å². The van der Waals surface area contributed by atoms with Gasteiger partial charge in [-0.2, -0.15) is 0 Å². The lowest BCUT2D eigenvalue weighted by atomic mass is 10.1.